The number of carbonyl (C=O) groups is 1. The van der Waals surface area contributed by atoms with E-state index in [-0.39, 0.29) is 0 Å². The van der Waals surface area contributed by atoms with Gasteiger partial charge in [0.05, 0.1) is 6.42 Å². The zero-order chi connectivity index (χ0) is 11.6. The Balaban J connectivity index is 3.24. The van der Waals surface area contributed by atoms with Gasteiger partial charge >= 0.3 is 12.1 Å². The first-order chi connectivity index (χ1) is 6.82. The maximum atomic E-state index is 12.2. The van der Waals surface area contributed by atoms with Crippen molar-refractivity contribution in [2.75, 3.05) is 0 Å². The average Bonchev–Trinajstić information content (AvgIpc) is 2.05. The molecule has 7 heteroatoms. The maximum Gasteiger partial charge on any atom is 0.421 e. The molecule has 0 aliphatic rings. The summed E-state index contributed by atoms with van der Waals surface area (Å²) in [6, 6.07) is 0. The molecule has 0 atom stereocenters. The van der Waals surface area contributed by atoms with E-state index in [1.165, 1.54) is 0 Å². The number of hydrogen-bond donors (Lipinski definition) is 2. The maximum absolute atomic E-state index is 12.2. The van der Waals surface area contributed by atoms with Gasteiger partial charge in [0.1, 0.15) is 5.56 Å². The summed E-state index contributed by atoms with van der Waals surface area (Å²) in [5.74, 6) is -1.36. The second-order valence-electron chi connectivity index (χ2n) is 2.79. The van der Waals surface area contributed by atoms with Gasteiger partial charge in [-0.15, -0.1) is 0 Å². The minimum atomic E-state index is -4.78. The van der Waals surface area contributed by atoms with Gasteiger partial charge in [-0.3, -0.25) is 9.59 Å². The third-order valence-electron chi connectivity index (χ3n) is 1.67. The van der Waals surface area contributed by atoms with E-state index in [1.54, 1.807) is 0 Å². The van der Waals surface area contributed by atoms with Crippen LogP contribution in [0.25, 0.3) is 0 Å². The molecule has 0 aromatic carbocycles. The lowest BCUT2D eigenvalue weighted by atomic mass is 10.1. The van der Waals surface area contributed by atoms with E-state index in [0.29, 0.717) is 6.20 Å². The van der Waals surface area contributed by atoms with Crippen LogP contribution in [0, 0.1) is 0 Å². The molecule has 0 saturated heterocycles. The molecular formula is C8H6F3NO3. The highest BCUT2D eigenvalue weighted by atomic mass is 19.4. The number of carboxylic acid groups (broad SMARTS) is 1. The number of hydrogen-bond acceptors (Lipinski definition) is 2. The first-order valence-corrected chi connectivity index (χ1v) is 3.81. The molecular weight excluding hydrogens is 215 g/mol. The fraction of sp³-hybridized carbons (Fsp3) is 0.250. The van der Waals surface area contributed by atoms with Crippen molar-refractivity contribution in [1.82, 2.24) is 4.98 Å². The number of H-pyrrole nitrogens is 1. The van der Waals surface area contributed by atoms with E-state index < -0.39 is 35.1 Å². The molecule has 0 bridgehead atoms. The second kappa shape index (κ2) is 3.76. The Morgan fingerprint density at radius 1 is 1.40 bits per heavy atom. The summed E-state index contributed by atoms with van der Waals surface area (Å²) in [6.07, 6.45) is -4.05. The van der Waals surface area contributed by atoms with E-state index in [0.717, 1.165) is 6.20 Å². The van der Waals surface area contributed by atoms with E-state index in [4.69, 9.17) is 5.11 Å². The molecule has 1 aromatic rings. The van der Waals surface area contributed by atoms with E-state index in [1.807, 2.05) is 0 Å². The van der Waals surface area contributed by atoms with Gasteiger partial charge in [0, 0.05) is 18.0 Å². The lowest BCUT2D eigenvalue weighted by Gasteiger charge is -2.06. The van der Waals surface area contributed by atoms with Crippen molar-refractivity contribution < 1.29 is 23.1 Å². The minimum absolute atomic E-state index is 0.419. The van der Waals surface area contributed by atoms with Gasteiger partial charge in [-0.25, -0.2) is 0 Å². The molecule has 0 saturated carbocycles. The molecule has 0 fully saturated rings. The zero-order valence-electron chi connectivity index (χ0n) is 7.26. The van der Waals surface area contributed by atoms with Crippen molar-refractivity contribution in [1.29, 1.82) is 0 Å². The number of rotatable bonds is 2. The molecule has 0 aliphatic heterocycles. The van der Waals surface area contributed by atoms with Crippen LogP contribution in [-0.4, -0.2) is 16.1 Å². The Bertz CT molecular complexity index is 435. The standard InChI is InChI=1S/C8H6F3NO3/c9-8(10,11)5-3-12-2-4(7(5)15)1-6(13)14/h2-3H,1H2,(H,12,15)(H,13,14). The summed E-state index contributed by atoms with van der Waals surface area (Å²) in [5.41, 5.74) is -3.11. The van der Waals surface area contributed by atoms with Gasteiger partial charge < -0.3 is 10.1 Å². The average molecular weight is 221 g/mol. The van der Waals surface area contributed by atoms with Crippen molar-refractivity contribution >= 4 is 5.97 Å². The molecule has 15 heavy (non-hydrogen) atoms. The molecule has 2 N–H and O–H groups in total. The number of aromatic amines is 1. The molecule has 0 aliphatic carbocycles. The first kappa shape index (κ1) is 11.3. The fourth-order valence-electron chi connectivity index (χ4n) is 1.03. The van der Waals surface area contributed by atoms with E-state index in [2.05, 4.69) is 4.98 Å². The summed E-state index contributed by atoms with van der Waals surface area (Å²) in [6.45, 7) is 0. The Hall–Kier alpha value is -1.79. The van der Waals surface area contributed by atoms with Crippen molar-refractivity contribution in [3.05, 3.63) is 33.7 Å². The molecule has 0 radical (unpaired) electrons. The third-order valence-corrected chi connectivity index (χ3v) is 1.67. The smallest absolute Gasteiger partial charge is 0.421 e. The first-order valence-electron chi connectivity index (χ1n) is 3.81. The number of alkyl halides is 3. The Morgan fingerprint density at radius 3 is 2.47 bits per heavy atom. The summed E-state index contributed by atoms with van der Waals surface area (Å²) >= 11 is 0. The number of aliphatic carboxylic acids is 1. The normalized spacial score (nSPS) is 11.4. The van der Waals surface area contributed by atoms with Crippen LogP contribution in [0.2, 0.25) is 0 Å². The van der Waals surface area contributed by atoms with Crippen molar-refractivity contribution in [2.24, 2.45) is 0 Å². The monoisotopic (exact) mass is 221 g/mol. The van der Waals surface area contributed by atoms with Gasteiger partial charge in [-0.1, -0.05) is 0 Å². The lowest BCUT2D eigenvalue weighted by Crippen LogP contribution is -2.23. The van der Waals surface area contributed by atoms with Crippen LogP contribution in [0.15, 0.2) is 17.2 Å². The predicted molar refractivity (Wildman–Crippen MR) is 43.4 cm³/mol. The van der Waals surface area contributed by atoms with Crippen LogP contribution in [0.5, 0.6) is 0 Å². The minimum Gasteiger partial charge on any atom is -0.481 e. The van der Waals surface area contributed by atoms with Gasteiger partial charge in [0.15, 0.2) is 5.43 Å². The Labute approximate surface area is 81.4 Å². The molecule has 1 rings (SSSR count). The molecule has 0 spiro atoms. The molecule has 1 heterocycles. The van der Waals surface area contributed by atoms with Crippen LogP contribution >= 0.6 is 0 Å². The summed E-state index contributed by atoms with van der Waals surface area (Å²) in [7, 11) is 0. The zero-order valence-corrected chi connectivity index (χ0v) is 7.26. The fourth-order valence-corrected chi connectivity index (χ4v) is 1.03. The summed E-state index contributed by atoms with van der Waals surface area (Å²) < 4.78 is 36.6. The second-order valence-corrected chi connectivity index (χ2v) is 2.79. The Morgan fingerprint density at radius 2 is 2.00 bits per heavy atom. The molecule has 1 aromatic heterocycles. The lowest BCUT2D eigenvalue weighted by molar-refractivity contribution is -0.139. The van der Waals surface area contributed by atoms with Gasteiger partial charge in [-0.2, -0.15) is 13.2 Å². The summed E-state index contributed by atoms with van der Waals surface area (Å²) in [4.78, 5) is 23.5. The molecule has 4 nitrogen and oxygen atoms in total. The van der Waals surface area contributed by atoms with Crippen LogP contribution < -0.4 is 5.43 Å². The highest BCUT2D eigenvalue weighted by molar-refractivity contribution is 5.70. The SMILES string of the molecule is O=C(O)Cc1c[nH]cc(C(F)(F)F)c1=O. The number of carboxylic acids is 1. The topological polar surface area (TPSA) is 70.2 Å². The van der Waals surface area contributed by atoms with Gasteiger partial charge in [-0.05, 0) is 0 Å². The summed E-state index contributed by atoms with van der Waals surface area (Å²) in [5, 5.41) is 8.35. The van der Waals surface area contributed by atoms with E-state index >= 15 is 0 Å². The highest BCUT2D eigenvalue weighted by Crippen LogP contribution is 2.25. The Kier molecular flexibility index (Phi) is 2.83. The van der Waals surface area contributed by atoms with Crippen LogP contribution in [0.1, 0.15) is 11.1 Å². The van der Waals surface area contributed by atoms with Crippen LogP contribution in [0.4, 0.5) is 13.2 Å². The largest absolute Gasteiger partial charge is 0.481 e. The van der Waals surface area contributed by atoms with Crippen molar-refractivity contribution in [2.45, 2.75) is 12.6 Å². The number of halogens is 3. The van der Waals surface area contributed by atoms with Crippen molar-refractivity contribution in [3.8, 4) is 0 Å². The van der Waals surface area contributed by atoms with Gasteiger partial charge in [0.25, 0.3) is 0 Å². The third kappa shape index (κ3) is 2.58. The van der Waals surface area contributed by atoms with E-state index in [9.17, 15) is 22.8 Å². The molecule has 82 valence electrons. The number of nitrogens with one attached hydrogen (secondary N) is 1. The number of pyridine rings is 1. The van der Waals surface area contributed by atoms with Gasteiger partial charge in [0.2, 0.25) is 0 Å². The molecule has 0 unspecified atom stereocenters. The quantitative estimate of drug-likeness (QED) is 0.783. The molecule has 0 amide bonds. The van der Waals surface area contributed by atoms with Crippen LogP contribution in [0.3, 0.4) is 0 Å². The highest BCUT2D eigenvalue weighted by Gasteiger charge is 2.34. The van der Waals surface area contributed by atoms with Crippen LogP contribution in [-0.2, 0) is 17.4 Å². The predicted octanol–water partition coefficient (Wildman–Crippen LogP) is 1.02. The van der Waals surface area contributed by atoms with Crippen molar-refractivity contribution in [3.63, 3.8) is 0 Å². The number of aromatic nitrogens is 1.